The number of nitrogens with one attached hydrogen (secondary N) is 2. The Labute approximate surface area is 168 Å². The Kier molecular flexibility index (Phi) is 5.16. The van der Waals surface area contributed by atoms with Gasteiger partial charge in [0.05, 0.1) is 6.20 Å². The second-order valence-corrected chi connectivity index (χ2v) is 6.27. The van der Waals surface area contributed by atoms with Gasteiger partial charge in [-0.3, -0.25) is 4.68 Å². The molecule has 0 fully saturated rings. The molecule has 2 aromatic heterocycles. The predicted octanol–water partition coefficient (Wildman–Crippen LogP) is 4.11. The molecule has 2 aromatic carbocycles. The maximum atomic E-state index is 12.5. The molecule has 152 valence electrons. The van der Waals surface area contributed by atoms with Crippen LogP contribution >= 0.6 is 0 Å². The number of aromatic nitrogens is 5. The fourth-order valence-corrected chi connectivity index (χ4v) is 2.67. The van der Waals surface area contributed by atoms with Gasteiger partial charge in [0.15, 0.2) is 0 Å². The van der Waals surface area contributed by atoms with E-state index >= 15 is 0 Å². The Morgan fingerprint density at radius 2 is 1.83 bits per heavy atom. The number of amides is 2. The van der Waals surface area contributed by atoms with E-state index in [0.717, 1.165) is 5.56 Å². The molecule has 0 aliphatic heterocycles. The van der Waals surface area contributed by atoms with Crippen LogP contribution in [0.4, 0.5) is 25.0 Å². The van der Waals surface area contributed by atoms with E-state index in [1.807, 2.05) is 6.07 Å². The summed E-state index contributed by atoms with van der Waals surface area (Å²) in [5.41, 5.74) is 3.06. The molecule has 0 spiro atoms. The average Bonchev–Trinajstić information content (AvgIpc) is 3.38. The lowest BCUT2D eigenvalue weighted by Gasteiger charge is -2.09. The van der Waals surface area contributed by atoms with Crippen LogP contribution in [0.1, 0.15) is 12.3 Å². The zero-order valence-electron chi connectivity index (χ0n) is 15.6. The summed E-state index contributed by atoms with van der Waals surface area (Å²) in [6.45, 7) is 0. The quantitative estimate of drug-likeness (QED) is 0.511. The second kappa shape index (κ2) is 8.07. The van der Waals surface area contributed by atoms with Gasteiger partial charge in [0.1, 0.15) is 5.69 Å². The van der Waals surface area contributed by atoms with Crippen molar-refractivity contribution < 1.29 is 18.1 Å². The molecule has 0 atom stereocenters. The zero-order valence-corrected chi connectivity index (χ0v) is 15.6. The van der Waals surface area contributed by atoms with Crippen LogP contribution < -0.4 is 10.6 Å². The number of benzene rings is 2. The first-order valence-corrected chi connectivity index (χ1v) is 8.75. The van der Waals surface area contributed by atoms with Gasteiger partial charge in [-0.1, -0.05) is 22.5 Å². The minimum atomic E-state index is -2.83. The van der Waals surface area contributed by atoms with Gasteiger partial charge in [0.2, 0.25) is 5.82 Å². The molecular formula is C19H15F2N7O2. The lowest BCUT2D eigenvalue weighted by molar-refractivity contribution is 0.106. The molecule has 11 heteroatoms. The first-order chi connectivity index (χ1) is 14.5. The van der Waals surface area contributed by atoms with Crippen LogP contribution in [0.15, 0.2) is 59.3 Å². The third-order valence-electron chi connectivity index (χ3n) is 4.05. The Bertz CT molecular complexity index is 1170. The Morgan fingerprint density at radius 3 is 2.50 bits per heavy atom. The third kappa shape index (κ3) is 4.29. The van der Waals surface area contributed by atoms with Crippen molar-refractivity contribution in [3.63, 3.8) is 0 Å². The van der Waals surface area contributed by atoms with Gasteiger partial charge in [-0.05, 0) is 36.4 Å². The molecule has 0 aliphatic carbocycles. The predicted molar refractivity (Wildman–Crippen MR) is 104 cm³/mol. The summed E-state index contributed by atoms with van der Waals surface area (Å²) in [5, 5.41) is 16.9. The van der Waals surface area contributed by atoms with E-state index in [1.54, 1.807) is 60.4 Å². The Hall–Kier alpha value is -4.15. The molecule has 0 saturated carbocycles. The number of hydrogen-bond acceptors (Lipinski definition) is 6. The minimum Gasteiger partial charge on any atom is -0.333 e. The van der Waals surface area contributed by atoms with Crippen molar-refractivity contribution in [2.75, 3.05) is 10.6 Å². The van der Waals surface area contributed by atoms with Crippen molar-refractivity contribution in [2.24, 2.45) is 7.05 Å². The van der Waals surface area contributed by atoms with Crippen molar-refractivity contribution in [3.05, 3.63) is 60.6 Å². The van der Waals surface area contributed by atoms with Crippen LogP contribution in [0.3, 0.4) is 0 Å². The number of alkyl halides is 2. The highest BCUT2D eigenvalue weighted by atomic mass is 19.3. The minimum absolute atomic E-state index is 0.0436. The normalized spacial score (nSPS) is 10.9. The second-order valence-electron chi connectivity index (χ2n) is 6.27. The molecule has 4 rings (SSSR count). The first kappa shape index (κ1) is 19.2. The smallest absolute Gasteiger partial charge is 0.323 e. The molecule has 2 heterocycles. The van der Waals surface area contributed by atoms with Gasteiger partial charge < -0.3 is 15.2 Å². The lowest BCUT2D eigenvalue weighted by Crippen LogP contribution is -2.19. The van der Waals surface area contributed by atoms with Gasteiger partial charge in [-0.25, -0.2) is 4.79 Å². The number of nitrogens with zero attached hydrogens (tertiary/aromatic N) is 5. The van der Waals surface area contributed by atoms with Crippen LogP contribution in [-0.2, 0) is 7.05 Å². The fourth-order valence-electron chi connectivity index (χ4n) is 2.67. The van der Waals surface area contributed by atoms with Crippen molar-refractivity contribution in [2.45, 2.75) is 6.43 Å². The number of urea groups is 1. The number of carbonyl (C=O) groups is 1. The molecule has 0 unspecified atom stereocenters. The van der Waals surface area contributed by atoms with Gasteiger partial charge in [-0.2, -0.15) is 13.8 Å². The van der Waals surface area contributed by atoms with E-state index in [0.29, 0.717) is 22.6 Å². The molecule has 30 heavy (non-hydrogen) atoms. The average molecular weight is 411 g/mol. The first-order valence-electron chi connectivity index (χ1n) is 8.75. The fraction of sp³-hybridized carbons (Fsp3) is 0.105. The molecule has 0 radical (unpaired) electrons. The molecule has 2 amide bonds. The number of halogens is 2. The lowest BCUT2D eigenvalue weighted by atomic mass is 10.1. The number of hydrogen-bond donors (Lipinski definition) is 2. The molecule has 0 saturated heterocycles. The zero-order chi connectivity index (χ0) is 21.1. The standard InChI is InChI=1S/C19H15F2N7O2/c1-28-10-15(25-27-28)12-3-2-4-14(9-12)23-19(29)22-13-7-5-11(6-8-13)17-24-18(16(20)21)30-26-17/h2-10,16H,1H3,(H2,22,23,29). The summed E-state index contributed by atoms with van der Waals surface area (Å²) in [6, 6.07) is 13.1. The van der Waals surface area contributed by atoms with Crippen molar-refractivity contribution >= 4 is 17.4 Å². The topological polar surface area (TPSA) is 111 Å². The van der Waals surface area contributed by atoms with Gasteiger partial charge in [-0.15, -0.1) is 5.10 Å². The number of aryl methyl sites for hydroxylation is 1. The maximum Gasteiger partial charge on any atom is 0.323 e. The van der Waals surface area contributed by atoms with Gasteiger partial charge in [0.25, 0.3) is 5.89 Å². The highest BCUT2D eigenvalue weighted by Gasteiger charge is 2.17. The monoisotopic (exact) mass is 411 g/mol. The molecule has 4 aromatic rings. The van der Waals surface area contributed by atoms with Crippen LogP contribution in [-0.4, -0.2) is 31.2 Å². The van der Waals surface area contributed by atoms with E-state index in [4.69, 9.17) is 0 Å². The summed E-state index contributed by atoms with van der Waals surface area (Å²) in [7, 11) is 1.77. The van der Waals surface area contributed by atoms with Crippen LogP contribution in [0, 0.1) is 0 Å². The van der Waals surface area contributed by atoms with E-state index in [1.165, 1.54) is 0 Å². The maximum absolute atomic E-state index is 12.5. The molecular weight excluding hydrogens is 396 g/mol. The number of carbonyl (C=O) groups excluding carboxylic acids is 1. The Morgan fingerprint density at radius 1 is 1.07 bits per heavy atom. The third-order valence-corrected chi connectivity index (χ3v) is 4.05. The largest absolute Gasteiger partial charge is 0.333 e. The summed E-state index contributed by atoms with van der Waals surface area (Å²) in [5.74, 6) is -0.697. The SMILES string of the molecule is Cn1cc(-c2cccc(NC(=O)Nc3ccc(-c4noc(C(F)F)n4)cc3)c2)nn1. The van der Waals surface area contributed by atoms with E-state index in [2.05, 4.69) is 35.6 Å². The van der Waals surface area contributed by atoms with E-state index in [-0.39, 0.29) is 5.82 Å². The van der Waals surface area contributed by atoms with Crippen LogP contribution in [0.5, 0.6) is 0 Å². The van der Waals surface area contributed by atoms with Crippen molar-refractivity contribution in [1.82, 2.24) is 25.1 Å². The highest BCUT2D eigenvalue weighted by molar-refractivity contribution is 6.00. The molecule has 2 N–H and O–H groups in total. The van der Waals surface area contributed by atoms with E-state index in [9.17, 15) is 13.6 Å². The molecule has 0 aliphatic rings. The number of anilines is 2. The summed E-state index contributed by atoms with van der Waals surface area (Å²) in [6.07, 6.45) is -1.06. The summed E-state index contributed by atoms with van der Waals surface area (Å²) in [4.78, 5) is 15.9. The number of rotatable bonds is 5. The molecule has 0 bridgehead atoms. The summed E-state index contributed by atoms with van der Waals surface area (Å²) >= 11 is 0. The van der Waals surface area contributed by atoms with Gasteiger partial charge in [0, 0.05) is 29.5 Å². The van der Waals surface area contributed by atoms with Crippen molar-refractivity contribution in [1.29, 1.82) is 0 Å². The van der Waals surface area contributed by atoms with Crippen LogP contribution in [0.2, 0.25) is 0 Å². The summed E-state index contributed by atoms with van der Waals surface area (Å²) < 4.78 is 31.2. The highest BCUT2D eigenvalue weighted by Crippen LogP contribution is 2.23. The van der Waals surface area contributed by atoms with Crippen molar-refractivity contribution in [3.8, 4) is 22.6 Å². The van der Waals surface area contributed by atoms with E-state index < -0.39 is 18.3 Å². The molecule has 9 nitrogen and oxygen atoms in total. The van der Waals surface area contributed by atoms with Crippen LogP contribution in [0.25, 0.3) is 22.6 Å². The Balaban J connectivity index is 1.40. The van der Waals surface area contributed by atoms with Gasteiger partial charge >= 0.3 is 12.5 Å².